The van der Waals surface area contributed by atoms with E-state index in [0.717, 1.165) is 29.8 Å². The van der Waals surface area contributed by atoms with Crippen LogP contribution in [0.5, 0.6) is 5.75 Å². The molecule has 1 aromatic carbocycles. The maximum atomic E-state index is 6.34. The second kappa shape index (κ2) is 7.02. The van der Waals surface area contributed by atoms with Crippen LogP contribution >= 0.6 is 11.6 Å². The summed E-state index contributed by atoms with van der Waals surface area (Å²) in [5.41, 5.74) is 1.18. The molecule has 0 unspecified atom stereocenters. The number of halogens is 1. The highest BCUT2D eigenvalue weighted by Crippen LogP contribution is 2.34. The van der Waals surface area contributed by atoms with E-state index in [1.54, 1.807) is 7.11 Å². The minimum atomic E-state index is -0.316. The molecule has 1 aromatic heterocycles. The van der Waals surface area contributed by atoms with Gasteiger partial charge in [0.25, 0.3) is 0 Å². The van der Waals surface area contributed by atoms with E-state index in [1.165, 1.54) is 0 Å². The van der Waals surface area contributed by atoms with E-state index in [2.05, 4.69) is 53.9 Å². The molecule has 2 aliphatic heterocycles. The molecule has 0 aliphatic carbocycles. The molecule has 2 aliphatic rings. The first kappa shape index (κ1) is 19.7. The van der Waals surface area contributed by atoms with Crippen molar-refractivity contribution in [1.82, 2.24) is 15.2 Å². The second-order valence-corrected chi connectivity index (χ2v) is 8.65. The molecule has 4 rings (SSSR count). The molecule has 1 N–H and O–H groups in total. The third-order valence-corrected chi connectivity index (χ3v) is 6.15. The Labute approximate surface area is 170 Å². The second-order valence-electron chi connectivity index (χ2n) is 8.31. The molecule has 0 saturated carbocycles. The number of fused-ring (bicyclic) bond motifs is 1. The van der Waals surface area contributed by atoms with Gasteiger partial charge in [-0.15, -0.1) is 0 Å². The Bertz CT molecular complexity index is 886. The third-order valence-electron chi connectivity index (χ3n) is 5.98. The highest BCUT2D eigenvalue weighted by molar-refractivity contribution is 6.66. The fourth-order valence-electron chi connectivity index (χ4n) is 3.63. The van der Waals surface area contributed by atoms with Crippen LogP contribution in [-0.2, 0) is 9.39 Å². The van der Waals surface area contributed by atoms with E-state index in [1.807, 2.05) is 6.07 Å². The Hall–Kier alpha value is -1.61. The Morgan fingerprint density at radius 2 is 1.89 bits per heavy atom. The van der Waals surface area contributed by atoms with Crippen molar-refractivity contribution in [2.75, 3.05) is 38.3 Å². The molecular formula is C19H26BClN4O3. The van der Waals surface area contributed by atoms with Crippen LogP contribution in [0.1, 0.15) is 27.7 Å². The van der Waals surface area contributed by atoms with E-state index in [0.29, 0.717) is 24.5 Å². The normalized spacial score (nSPS) is 21.4. The lowest BCUT2D eigenvalue weighted by Gasteiger charge is -2.33. The van der Waals surface area contributed by atoms with Crippen molar-refractivity contribution in [3.8, 4) is 5.75 Å². The average molecular weight is 405 g/mol. The van der Waals surface area contributed by atoms with Gasteiger partial charge < -0.3 is 24.3 Å². The topological polar surface area (TPSA) is 68.7 Å². The first-order chi connectivity index (χ1) is 13.2. The molecule has 150 valence electrons. The summed E-state index contributed by atoms with van der Waals surface area (Å²) >= 11 is 6.24. The van der Waals surface area contributed by atoms with Gasteiger partial charge in [-0.1, -0.05) is 6.07 Å². The number of nitrogens with zero attached hydrogens (tertiary/aromatic N) is 3. The Morgan fingerprint density at radius 3 is 2.50 bits per heavy atom. The zero-order valence-corrected chi connectivity index (χ0v) is 17.8. The highest BCUT2D eigenvalue weighted by atomic mass is 35.5. The molecule has 0 radical (unpaired) electrons. The summed E-state index contributed by atoms with van der Waals surface area (Å²) in [5.74, 6) is 1.45. The van der Waals surface area contributed by atoms with Gasteiger partial charge in [0.05, 0.1) is 25.9 Å². The summed E-state index contributed by atoms with van der Waals surface area (Å²) in [4.78, 5) is 11.2. The number of nitrogens with one attached hydrogen (secondary N) is 1. The van der Waals surface area contributed by atoms with Crippen LogP contribution in [0.25, 0.3) is 10.9 Å². The van der Waals surface area contributed by atoms with Gasteiger partial charge in [0.2, 0.25) is 5.28 Å². The summed E-state index contributed by atoms with van der Waals surface area (Å²) in [6.45, 7) is 11.3. The van der Waals surface area contributed by atoms with Crippen molar-refractivity contribution in [1.29, 1.82) is 0 Å². The minimum Gasteiger partial charge on any atom is -0.494 e. The fourth-order valence-corrected chi connectivity index (χ4v) is 3.79. The zero-order chi connectivity index (χ0) is 20.1. The maximum Gasteiger partial charge on any atom is 0.416 e. The largest absolute Gasteiger partial charge is 0.494 e. The van der Waals surface area contributed by atoms with E-state index in [9.17, 15) is 0 Å². The molecular weight excluding hydrogens is 378 g/mol. The van der Waals surface area contributed by atoms with Crippen LogP contribution in [0.4, 0.5) is 5.82 Å². The molecule has 2 aromatic rings. The lowest BCUT2D eigenvalue weighted by Crippen LogP contribution is -2.51. The number of rotatable bonds is 3. The first-order valence-corrected chi connectivity index (χ1v) is 9.93. The number of anilines is 1. The molecule has 0 bridgehead atoms. The number of hydrogen-bond donors (Lipinski definition) is 1. The molecule has 3 heterocycles. The Balaban J connectivity index is 1.85. The first-order valence-electron chi connectivity index (χ1n) is 9.55. The van der Waals surface area contributed by atoms with Crippen molar-refractivity contribution in [2.45, 2.75) is 38.8 Å². The Kier molecular flexibility index (Phi) is 4.94. The van der Waals surface area contributed by atoms with Gasteiger partial charge in [-0.05, 0) is 50.8 Å². The van der Waals surface area contributed by atoms with Gasteiger partial charge in [0.1, 0.15) is 17.1 Å². The van der Waals surface area contributed by atoms with Gasteiger partial charge in [-0.3, -0.25) is 0 Å². The van der Waals surface area contributed by atoms with Crippen LogP contribution in [0.3, 0.4) is 0 Å². The molecule has 0 atom stereocenters. The predicted molar refractivity (Wildman–Crippen MR) is 112 cm³/mol. The molecule has 0 spiro atoms. The van der Waals surface area contributed by atoms with Crippen LogP contribution in [0.2, 0.25) is 5.28 Å². The van der Waals surface area contributed by atoms with Gasteiger partial charge in [0, 0.05) is 24.0 Å². The Morgan fingerprint density at radius 1 is 1.18 bits per heavy atom. The number of aromatic nitrogens is 2. The fraction of sp³-hybridized carbons (Fsp3) is 0.579. The van der Waals surface area contributed by atoms with Crippen LogP contribution in [0.15, 0.2) is 12.1 Å². The van der Waals surface area contributed by atoms with Crippen molar-refractivity contribution in [3.63, 3.8) is 0 Å². The summed E-state index contributed by atoms with van der Waals surface area (Å²) in [6.07, 6.45) is 0. The van der Waals surface area contributed by atoms with Gasteiger partial charge in [-0.2, -0.15) is 4.98 Å². The lowest BCUT2D eigenvalue weighted by atomic mass is 9.72. The molecule has 2 saturated heterocycles. The van der Waals surface area contributed by atoms with Gasteiger partial charge >= 0.3 is 7.05 Å². The van der Waals surface area contributed by atoms with Crippen LogP contribution in [0, 0.1) is 0 Å². The number of methoxy groups -OCH3 is 1. The van der Waals surface area contributed by atoms with Gasteiger partial charge in [-0.25, -0.2) is 4.98 Å². The maximum absolute atomic E-state index is 6.34. The lowest BCUT2D eigenvalue weighted by molar-refractivity contribution is 0.0750. The summed E-state index contributed by atoms with van der Waals surface area (Å²) in [6, 6.07) is 4.04. The van der Waals surface area contributed by atoms with Gasteiger partial charge in [0.15, 0.2) is 0 Å². The minimum absolute atomic E-state index is 0.177. The predicted octanol–water partition coefficient (Wildman–Crippen LogP) is 2.00. The summed E-state index contributed by atoms with van der Waals surface area (Å²) < 4.78 is 17.5. The van der Waals surface area contributed by atoms with Crippen molar-refractivity contribution in [2.24, 2.45) is 0 Å². The monoisotopic (exact) mass is 404 g/mol. The van der Waals surface area contributed by atoms with E-state index >= 15 is 0 Å². The standard InChI is InChI=1S/C19H26BClN4O3/c1-18(2)19(3,4)28-20(24-18)12-10-13-15(14(11-12)26-5)22-17(21)23-16(13)25-6-8-27-9-7-25/h10-11,24H,6-9H2,1-5H3. The SMILES string of the molecule is COc1cc(B2NC(C)(C)C(C)(C)O2)cc2c(N3CCOCC3)nc(Cl)nc12. The molecule has 7 nitrogen and oxygen atoms in total. The number of benzene rings is 1. The molecule has 28 heavy (non-hydrogen) atoms. The zero-order valence-electron chi connectivity index (χ0n) is 17.0. The number of ether oxygens (including phenoxy) is 2. The van der Waals surface area contributed by atoms with E-state index < -0.39 is 0 Å². The van der Waals surface area contributed by atoms with Crippen LogP contribution in [-0.4, -0.2) is 61.6 Å². The van der Waals surface area contributed by atoms with Crippen molar-refractivity contribution in [3.05, 3.63) is 17.4 Å². The smallest absolute Gasteiger partial charge is 0.416 e. The van der Waals surface area contributed by atoms with E-state index in [4.69, 9.17) is 25.7 Å². The van der Waals surface area contributed by atoms with Crippen molar-refractivity contribution < 1.29 is 14.1 Å². The molecule has 2 fully saturated rings. The summed E-state index contributed by atoms with van der Waals surface area (Å²) in [7, 11) is 1.39. The third kappa shape index (κ3) is 3.32. The molecule has 9 heteroatoms. The summed E-state index contributed by atoms with van der Waals surface area (Å²) in [5, 5.41) is 4.69. The number of morpholine rings is 1. The molecule has 0 amide bonds. The van der Waals surface area contributed by atoms with Crippen LogP contribution < -0.4 is 20.3 Å². The number of hydrogen-bond acceptors (Lipinski definition) is 7. The van der Waals surface area contributed by atoms with E-state index in [-0.39, 0.29) is 23.5 Å². The van der Waals surface area contributed by atoms with Crippen molar-refractivity contribution >= 4 is 40.8 Å². The quantitative estimate of drug-likeness (QED) is 0.620. The average Bonchev–Trinajstić information content (AvgIpc) is 2.88. The highest BCUT2D eigenvalue weighted by Gasteiger charge is 2.50.